The summed E-state index contributed by atoms with van der Waals surface area (Å²) in [4.78, 5) is 0. The van der Waals surface area contributed by atoms with E-state index in [0.29, 0.717) is 5.56 Å². The first-order chi connectivity index (χ1) is 9.49. The van der Waals surface area contributed by atoms with Gasteiger partial charge in [-0.1, -0.05) is 44.2 Å². The second-order valence-corrected chi connectivity index (χ2v) is 5.36. The third-order valence-electron chi connectivity index (χ3n) is 3.38. The van der Waals surface area contributed by atoms with Crippen molar-refractivity contribution in [1.82, 2.24) is 0 Å². The van der Waals surface area contributed by atoms with Crippen LogP contribution in [0.3, 0.4) is 0 Å². The highest BCUT2D eigenvalue weighted by Gasteiger charge is 2.17. The van der Waals surface area contributed by atoms with Crippen LogP contribution in [-0.4, -0.2) is 0 Å². The van der Waals surface area contributed by atoms with Gasteiger partial charge in [-0.25, -0.2) is 8.78 Å². The third-order valence-corrected chi connectivity index (χ3v) is 3.38. The Labute approximate surface area is 118 Å². The van der Waals surface area contributed by atoms with Gasteiger partial charge >= 0.3 is 0 Å². The molecule has 0 aromatic heterocycles. The van der Waals surface area contributed by atoms with E-state index in [1.54, 1.807) is 6.92 Å². The van der Waals surface area contributed by atoms with Gasteiger partial charge in [0.25, 0.3) is 0 Å². The fourth-order valence-electron chi connectivity index (χ4n) is 2.22. The Bertz CT molecular complexity index is 579. The van der Waals surface area contributed by atoms with Crippen molar-refractivity contribution < 1.29 is 8.78 Å². The van der Waals surface area contributed by atoms with E-state index in [0.717, 1.165) is 5.56 Å². The lowest BCUT2D eigenvalue weighted by atomic mass is 9.95. The maximum Gasteiger partial charge on any atom is 0.146 e. The summed E-state index contributed by atoms with van der Waals surface area (Å²) in [7, 11) is 0. The molecule has 0 radical (unpaired) electrons. The highest BCUT2D eigenvalue weighted by atomic mass is 19.1. The zero-order valence-corrected chi connectivity index (χ0v) is 12.0. The van der Waals surface area contributed by atoms with E-state index in [1.807, 2.05) is 44.2 Å². The molecule has 3 heteroatoms. The van der Waals surface area contributed by atoms with Crippen molar-refractivity contribution in [2.24, 2.45) is 5.92 Å². The van der Waals surface area contributed by atoms with Crippen LogP contribution in [0.1, 0.15) is 31.0 Å². The van der Waals surface area contributed by atoms with Crippen LogP contribution in [-0.2, 0) is 0 Å². The van der Waals surface area contributed by atoms with Crippen LogP contribution in [0.15, 0.2) is 42.5 Å². The van der Waals surface area contributed by atoms with Crippen LogP contribution in [0.25, 0.3) is 0 Å². The van der Waals surface area contributed by atoms with Gasteiger partial charge in [-0.2, -0.15) is 0 Å². The molecule has 0 aliphatic rings. The molecule has 0 heterocycles. The van der Waals surface area contributed by atoms with E-state index in [9.17, 15) is 8.78 Å². The van der Waals surface area contributed by atoms with Gasteiger partial charge in [-0.05, 0) is 30.0 Å². The summed E-state index contributed by atoms with van der Waals surface area (Å²) in [5.74, 6) is -0.573. The molecule has 0 fully saturated rings. The standard InChI is InChI=1S/C17H19F2N/c1-11(2)17(13-7-5-4-6-8-13)20-16-10-14(18)12(3)9-15(16)19/h4-11,17,20H,1-3H3. The minimum absolute atomic E-state index is 0.0622. The molecule has 0 saturated heterocycles. The van der Waals surface area contributed by atoms with Gasteiger partial charge in [0.05, 0.1) is 11.7 Å². The summed E-state index contributed by atoms with van der Waals surface area (Å²) < 4.78 is 27.5. The van der Waals surface area contributed by atoms with E-state index in [4.69, 9.17) is 0 Å². The predicted molar refractivity (Wildman–Crippen MR) is 78.7 cm³/mol. The summed E-state index contributed by atoms with van der Waals surface area (Å²) in [5.41, 5.74) is 1.58. The number of hydrogen-bond donors (Lipinski definition) is 1. The van der Waals surface area contributed by atoms with E-state index in [2.05, 4.69) is 5.32 Å². The van der Waals surface area contributed by atoms with Gasteiger partial charge in [-0.3, -0.25) is 0 Å². The van der Waals surface area contributed by atoms with Crippen LogP contribution < -0.4 is 5.32 Å². The van der Waals surface area contributed by atoms with Gasteiger partial charge in [0, 0.05) is 6.07 Å². The van der Waals surface area contributed by atoms with Crippen LogP contribution in [0.2, 0.25) is 0 Å². The van der Waals surface area contributed by atoms with Crippen molar-refractivity contribution in [2.75, 3.05) is 5.32 Å². The molecule has 2 aromatic rings. The molecule has 0 amide bonds. The molecule has 1 nitrogen and oxygen atoms in total. The summed E-state index contributed by atoms with van der Waals surface area (Å²) in [5, 5.41) is 3.12. The SMILES string of the molecule is Cc1cc(F)c(NC(c2ccccc2)C(C)C)cc1F. The Kier molecular flexibility index (Phi) is 4.38. The molecule has 1 unspecified atom stereocenters. The molecular formula is C17H19F2N. The van der Waals surface area contributed by atoms with Gasteiger partial charge in [0.2, 0.25) is 0 Å². The minimum Gasteiger partial charge on any atom is -0.376 e. The molecule has 0 spiro atoms. The number of nitrogens with one attached hydrogen (secondary N) is 1. The molecule has 0 saturated carbocycles. The molecule has 2 rings (SSSR count). The minimum atomic E-state index is -0.425. The van der Waals surface area contributed by atoms with Crippen molar-refractivity contribution in [1.29, 1.82) is 0 Å². The van der Waals surface area contributed by atoms with Gasteiger partial charge in [0.1, 0.15) is 11.6 Å². The van der Waals surface area contributed by atoms with Crippen LogP contribution >= 0.6 is 0 Å². The van der Waals surface area contributed by atoms with Crippen molar-refractivity contribution in [3.05, 3.63) is 65.2 Å². The van der Waals surface area contributed by atoms with E-state index < -0.39 is 11.6 Å². The Hall–Kier alpha value is -1.90. The molecule has 2 aromatic carbocycles. The largest absolute Gasteiger partial charge is 0.376 e. The van der Waals surface area contributed by atoms with Crippen LogP contribution in [0.5, 0.6) is 0 Å². The third kappa shape index (κ3) is 3.16. The average molecular weight is 275 g/mol. The molecular weight excluding hydrogens is 256 g/mol. The topological polar surface area (TPSA) is 12.0 Å². The Morgan fingerprint density at radius 1 is 0.950 bits per heavy atom. The summed E-state index contributed by atoms with van der Waals surface area (Å²) in [6, 6.07) is 12.2. The first-order valence-electron chi connectivity index (χ1n) is 6.76. The maximum atomic E-state index is 13.9. The Balaban J connectivity index is 2.32. The monoisotopic (exact) mass is 275 g/mol. The molecule has 0 bridgehead atoms. The number of aryl methyl sites for hydroxylation is 1. The first kappa shape index (κ1) is 14.5. The zero-order chi connectivity index (χ0) is 14.7. The lowest BCUT2D eigenvalue weighted by Crippen LogP contribution is -2.17. The highest BCUT2D eigenvalue weighted by molar-refractivity contribution is 5.49. The van der Waals surface area contributed by atoms with Gasteiger partial charge in [-0.15, -0.1) is 0 Å². The first-order valence-corrected chi connectivity index (χ1v) is 6.76. The second kappa shape index (κ2) is 6.04. The fraction of sp³-hybridized carbons (Fsp3) is 0.294. The highest BCUT2D eigenvalue weighted by Crippen LogP contribution is 2.28. The quantitative estimate of drug-likeness (QED) is 0.820. The molecule has 20 heavy (non-hydrogen) atoms. The predicted octanol–water partition coefficient (Wildman–Crippen LogP) is 5.08. The van der Waals surface area contributed by atoms with E-state index in [1.165, 1.54) is 12.1 Å². The van der Waals surface area contributed by atoms with E-state index >= 15 is 0 Å². The van der Waals surface area contributed by atoms with Crippen molar-refractivity contribution >= 4 is 5.69 Å². The summed E-state index contributed by atoms with van der Waals surface area (Å²) >= 11 is 0. The number of rotatable bonds is 4. The molecule has 0 aliphatic carbocycles. The molecule has 1 N–H and O–H groups in total. The van der Waals surface area contributed by atoms with Gasteiger partial charge < -0.3 is 5.32 Å². The van der Waals surface area contributed by atoms with Gasteiger partial charge in [0.15, 0.2) is 0 Å². The number of halogens is 2. The molecule has 1 atom stereocenters. The number of anilines is 1. The van der Waals surface area contributed by atoms with E-state index in [-0.39, 0.29) is 17.6 Å². The maximum absolute atomic E-state index is 13.9. The average Bonchev–Trinajstić information content (AvgIpc) is 2.42. The van der Waals surface area contributed by atoms with Crippen molar-refractivity contribution in [2.45, 2.75) is 26.8 Å². The molecule has 0 aliphatic heterocycles. The fourth-order valence-corrected chi connectivity index (χ4v) is 2.22. The van der Waals surface area contributed by atoms with Crippen LogP contribution in [0, 0.1) is 24.5 Å². The normalized spacial score (nSPS) is 12.5. The number of hydrogen-bond acceptors (Lipinski definition) is 1. The second-order valence-electron chi connectivity index (χ2n) is 5.36. The molecule has 106 valence electrons. The Morgan fingerprint density at radius 2 is 1.60 bits per heavy atom. The lowest BCUT2D eigenvalue weighted by Gasteiger charge is -2.24. The van der Waals surface area contributed by atoms with Crippen LogP contribution in [0.4, 0.5) is 14.5 Å². The zero-order valence-electron chi connectivity index (χ0n) is 12.0. The lowest BCUT2D eigenvalue weighted by molar-refractivity contribution is 0.536. The summed E-state index contributed by atoms with van der Waals surface area (Å²) in [6.07, 6.45) is 0. The summed E-state index contributed by atoms with van der Waals surface area (Å²) in [6.45, 7) is 5.65. The van der Waals surface area contributed by atoms with Crippen molar-refractivity contribution in [3.8, 4) is 0 Å². The van der Waals surface area contributed by atoms with Crippen molar-refractivity contribution in [3.63, 3.8) is 0 Å². The smallest absolute Gasteiger partial charge is 0.146 e. The Morgan fingerprint density at radius 3 is 2.20 bits per heavy atom. The number of benzene rings is 2.